The van der Waals surface area contributed by atoms with Gasteiger partial charge in [0, 0.05) is 19.2 Å². The van der Waals surface area contributed by atoms with Crippen LogP contribution >= 0.6 is 0 Å². The lowest BCUT2D eigenvalue weighted by Gasteiger charge is -2.31. The van der Waals surface area contributed by atoms with Gasteiger partial charge < -0.3 is 15.7 Å². The largest absolute Gasteiger partial charge is 0.396 e. The molecule has 0 saturated heterocycles. The van der Waals surface area contributed by atoms with E-state index < -0.39 is 11.0 Å². The Morgan fingerprint density at radius 1 is 1.35 bits per heavy atom. The second kappa shape index (κ2) is 8.47. The molecule has 3 N–H and O–H groups in total. The van der Waals surface area contributed by atoms with Crippen molar-refractivity contribution in [1.82, 2.24) is 5.32 Å². The number of carbonyl (C=O) groups is 1. The molecular formula is C16H25N3O4. The van der Waals surface area contributed by atoms with Crippen LogP contribution in [0.5, 0.6) is 0 Å². The van der Waals surface area contributed by atoms with E-state index >= 15 is 0 Å². The number of rotatable bonds is 8. The lowest BCUT2D eigenvalue weighted by atomic mass is 9.79. The molecule has 0 aromatic heterocycles. The normalized spacial score (nSPS) is 11.1. The summed E-state index contributed by atoms with van der Waals surface area (Å²) in [7, 11) is 0. The predicted molar refractivity (Wildman–Crippen MR) is 89.6 cm³/mol. The zero-order chi connectivity index (χ0) is 17.5. The Morgan fingerprint density at radius 3 is 2.52 bits per heavy atom. The number of nitrogens with one attached hydrogen (secondary N) is 2. The first-order valence-electron chi connectivity index (χ1n) is 7.79. The molecule has 2 amide bonds. The van der Waals surface area contributed by atoms with E-state index in [1.165, 1.54) is 12.1 Å². The number of hydrogen-bond acceptors (Lipinski definition) is 4. The summed E-state index contributed by atoms with van der Waals surface area (Å²) in [5, 5.41) is 25.6. The zero-order valence-electron chi connectivity index (χ0n) is 13.9. The quantitative estimate of drug-likeness (QED) is 0.504. The molecule has 0 unspecified atom stereocenters. The minimum absolute atomic E-state index is 0.0282. The van der Waals surface area contributed by atoms with E-state index in [4.69, 9.17) is 0 Å². The van der Waals surface area contributed by atoms with Gasteiger partial charge in [-0.15, -0.1) is 0 Å². The molecule has 0 fully saturated rings. The fourth-order valence-corrected chi connectivity index (χ4v) is 2.57. The van der Waals surface area contributed by atoms with Gasteiger partial charge in [-0.05, 0) is 37.7 Å². The summed E-state index contributed by atoms with van der Waals surface area (Å²) >= 11 is 0. The van der Waals surface area contributed by atoms with Gasteiger partial charge in [0.05, 0.1) is 16.2 Å². The Hall–Kier alpha value is -2.15. The molecule has 7 nitrogen and oxygen atoms in total. The first kappa shape index (κ1) is 18.9. The van der Waals surface area contributed by atoms with Crippen molar-refractivity contribution in [3.63, 3.8) is 0 Å². The van der Waals surface area contributed by atoms with Crippen molar-refractivity contribution in [3.05, 3.63) is 33.9 Å². The van der Waals surface area contributed by atoms with E-state index in [1.54, 1.807) is 13.0 Å². The van der Waals surface area contributed by atoms with Gasteiger partial charge in [-0.1, -0.05) is 19.9 Å². The molecule has 1 aromatic rings. The number of anilines is 1. The molecule has 0 spiro atoms. The summed E-state index contributed by atoms with van der Waals surface area (Å²) in [5.74, 6) is 0. The summed E-state index contributed by atoms with van der Waals surface area (Å²) in [4.78, 5) is 22.5. The number of carbonyl (C=O) groups excluding carboxylic acids is 1. The number of aliphatic hydroxyl groups is 1. The van der Waals surface area contributed by atoms with Crippen LogP contribution in [-0.2, 0) is 0 Å². The van der Waals surface area contributed by atoms with E-state index in [-0.39, 0.29) is 17.7 Å². The monoisotopic (exact) mass is 323 g/mol. The van der Waals surface area contributed by atoms with Crippen LogP contribution in [0.25, 0.3) is 0 Å². The van der Waals surface area contributed by atoms with E-state index in [0.717, 1.165) is 12.8 Å². The molecular weight excluding hydrogens is 298 g/mol. The molecule has 0 atom stereocenters. The van der Waals surface area contributed by atoms with Crippen LogP contribution in [0.15, 0.2) is 18.2 Å². The molecule has 7 heteroatoms. The van der Waals surface area contributed by atoms with E-state index in [1.807, 2.05) is 13.8 Å². The average Bonchev–Trinajstić information content (AvgIpc) is 2.53. The number of aliphatic hydroxyl groups excluding tert-OH is 1. The zero-order valence-corrected chi connectivity index (χ0v) is 13.9. The molecule has 0 aliphatic rings. The van der Waals surface area contributed by atoms with Crippen LogP contribution in [0, 0.1) is 22.5 Å². The Bertz CT molecular complexity index is 556. The number of benzene rings is 1. The summed E-state index contributed by atoms with van der Waals surface area (Å²) in [6.45, 7) is 6.18. The topological polar surface area (TPSA) is 104 Å². The Kier molecular flexibility index (Phi) is 6.96. The highest BCUT2D eigenvalue weighted by atomic mass is 16.6. The standard InChI is InChI=1S/C16H25N3O4/c1-4-16(5-2,9-10-20)11-17-15(21)18-13-7-6-8-14(12(13)3)19(22)23/h6-8,20H,4-5,9-11H2,1-3H3,(H2,17,18,21). The van der Waals surface area contributed by atoms with Gasteiger partial charge in [-0.25, -0.2) is 4.79 Å². The first-order valence-corrected chi connectivity index (χ1v) is 7.79. The maximum Gasteiger partial charge on any atom is 0.319 e. The number of nitrogens with zero attached hydrogens (tertiary/aromatic N) is 1. The minimum atomic E-state index is -0.473. The fourth-order valence-electron chi connectivity index (χ4n) is 2.57. The van der Waals surface area contributed by atoms with Crippen LogP contribution in [0.1, 0.15) is 38.7 Å². The van der Waals surface area contributed by atoms with Crippen molar-refractivity contribution in [1.29, 1.82) is 0 Å². The Morgan fingerprint density at radius 2 is 2.00 bits per heavy atom. The highest BCUT2D eigenvalue weighted by molar-refractivity contribution is 5.90. The van der Waals surface area contributed by atoms with Crippen molar-refractivity contribution in [2.24, 2.45) is 5.41 Å². The number of urea groups is 1. The van der Waals surface area contributed by atoms with Gasteiger partial charge in [-0.3, -0.25) is 10.1 Å². The first-order chi connectivity index (χ1) is 10.9. The maximum atomic E-state index is 12.1. The Labute approximate surface area is 136 Å². The van der Waals surface area contributed by atoms with Crippen LogP contribution < -0.4 is 10.6 Å². The van der Waals surface area contributed by atoms with Crippen molar-refractivity contribution < 1.29 is 14.8 Å². The molecule has 1 rings (SSSR count). The van der Waals surface area contributed by atoms with Crippen LogP contribution in [-0.4, -0.2) is 29.2 Å². The van der Waals surface area contributed by atoms with Gasteiger partial charge in [0.15, 0.2) is 0 Å². The number of nitro groups is 1. The van der Waals surface area contributed by atoms with Crippen LogP contribution in [0.2, 0.25) is 0 Å². The molecule has 0 aliphatic carbocycles. The van der Waals surface area contributed by atoms with Crippen LogP contribution in [0.4, 0.5) is 16.2 Å². The smallest absolute Gasteiger partial charge is 0.319 e. The van der Waals surface area contributed by atoms with Gasteiger partial charge in [0.2, 0.25) is 0 Å². The van der Waals surface area contributed by atoms with E-state index in [2.05, 4.69) is 10.6 Å². The van der Waals surface area contributed by atoms with Crippen molar-refractivity contribution in [2.45, 2.75) is 40.0 Å². The molecule has 0 radical (unpaired) electrons. The number of nitro benzene ring substituents is 1. The highest BCUT2D eigenvalue weighted by Gasteiger charge is 2.26. The molecule has 0 saturated carbocycles. The lowest BCUT2D eigenvalue weighted by Crippen LogP contribution is -2.39. The third-order valence-electron chi connectivity index (χ3n) is 4.52. The molecule has 128 valence electrons. The van der Waals surface area contributed by atoms with Crippen molar-refractivity contribution in [3.8, 4) is 0 Å². The third-order valence-corrected chi connectivity index (χ3v) is 4.52. The second-order valence-corrected chi connectivity index (χ2v) is 5.70. The van der Waals surface area contributed by atoms with Gasteiger partial charge in [-0.2, -0.15) is 0 Å². The molecule has 0 heterocycles. The minimum Gasteiger partial charge on any atom is -0.396 e. The van der Waals surface area contributed by atoms with Gasteiger partial charge in [0.25, 0.3) is 5.69 Å². The molecule has 1 aromatic carbocycles. The molecule has 0 aliphatic heterocycles. The van der Waals surface area contributed by atoms with Crippen LogP contribution in [0.3, 0.4) is 0 Å². The van der Waals surface area contributed by atoms with Crippen molar-refractivity contribution in [2.75, 3.05) is 18.5 Å². The lowest BCUT2D eigenvalue weighted by molar-refractivity contribution is -0.385. The highest BCUT2D eigenvalue weighted by Crippen LogP contribution is 2.29. The summed E-state index contributed by atoms with van der Waals surface area (Å²) in [6, 6.07) is 4.16. The second-order valence-electron chi connectivity index (χ2n) is 5.70. The Balaban J connectivity index is 2.74. The SMILES string of the molecule is CCC(CC)(CCO)CNC(=O)Nc1cccc([N+](=O)[O-])c1C. The molecule has 23 heavy (non-hydrogen) atoms. The fraction of sp³-hybridized carbons (Fsp3) is 0.562. The summed E-state index contributed by atoms with van der Waals surface area (Å²) in [5.41, 5.74) is 0.668. The maximum absolute atomic E-state index is 12.1. The predicted octanol–water partition coefficient (Wildman–Crippen LogP) is 3.21. The molecule has 0 bridgehead atoms. The van der Waals surface area contributed by atoms with Gasteiger partial charge in [0.1, 0.15) is 0 Å². The average molecular weight is 323 g/mol. The van der Waals surface area contributed by atoms with E-state index in [9.17, 15) is 20.0 Å². The number of amides is 2. The third kappa shape index (κ3) is 4.92. The summed E-state index contributed by atoms with van der Waals surface area (Å²) < 4.78 is 0. The summed E-state index contributed by atoms with van der Waals surface area (Å²) in [6.07, 6.45) is 2.32. The van der Waals surface area contributed by atoms with Crippen molar-refractivity contribution >= 4 is 17.4 Å². The van der Waals surface area contributed by atoms with E-state index in [0.29, 0.717) is 24.2 Å². The number of hydrogen-bond donors (Lipinski definition) is 3. The van der Waals surface area contributed by atoms with Gasteiger partial charge >= 0.3 is 6.03 Å².